The summed E-state index contributed by atoms with van der Waals surface area (Å²) in [4.78, 5) is 27.4. The lowest BCUT2D eigenvalue weighted by Gasteiger charge is -2.31. The number of rotatable bonds is 5. The van der Waals surface area contributed by atoms with E-state index in [9.17, 15) is 9.59 Å². The van der Waals surface area contributed by atoms with Gasteiger partial charge in [0, 0.05) is 25.6 Å². The summed E-state index contributed by atoms with van der Waals surface area (Å²) in [6, 6.07) is 9.59. The van der Waals surface area contributed by atoms with Gasteiger partial charge in [0.2, 0.25) is 12.7 Å². The number of piperidine rings is 1. The van der Waals surface area contributed by atoms with E-state index in [-0.39, 0.29) is 24.5 Å². The molecule has 142 valence electrons. The Morgan fingerprint density at radius 2 is 1.96 bits per heavy atom. The summed E-state index contributed by atoms with van der Waals surface area (Å²) in [7, 11) is 0. The molecule has 1 N–H and O–H groups in total. The number of carbonyl (C=O) groups is 2. The summed E-state index contributed by atoms with van der Waals surface area (Å²) in [6.07, 6.45) is 2.18. The Morgan fingerprint density at radius 1 is 1.15 bits per heavy atom. The number of amides is 2. The molecule has 3 heterocycles. The summed E-state index contributed by atoms with van der Waals surface area (Å²) in [6.45, 7) is 2.13. The van der Waals surface area contributed by atoms with Crippen LogP contribution in [-0.4, -0.2) is 43.1 Å². The molecule has 1 aromatic carbocycles. The van der Waals surface area contributed by atoms with Crippen LogP contribution in [-0.2, 0) is 11.2 Å². The van der Waals surface area contributed by atoms with E-state index in [1.54, 1.807) is 0 Å². The first-order chi connectivity index (χ1) is 13.2. The van der Waals surface area contributed by atoms with Gasteiger partial charge in [0.15, 0.2) is 11.5 Å². The number of benzene rings is 1. The van der Waals surface area contributed by atoms with Crippen LogP contribution in [0.15, 0.2) is 35.7 Å². The van der Waals surface area contributed by atoms with E-state index in [4.69, 9.17) is 9.47 Å². The van der Waals surface area contributed by atoms with E-state index < -0.39 is 0 Å². The summed E-state index contributed by atoms with van der Waals surface area (Å²) in [5.41, 5.74) is 1.11. The molecule has 0 spiro atoms. The van der Waals surface area contributed by atoms with Crippen LogP contribution in [0.5, 0.6) is 11.5 Å². The number of nitrogens with one attached hydrogen (secondary N) is 1. The highest BCUT2D eigenvalue weighted by Gasteiger charge is 2.28. The van der Waals surface area contributed by atoms with Crippen LogP contribution in [0.1, 0.15) is 28.1 Å². The normalized spacial score (nSPS) is 16.4. The largest absolute Gasteiger partial charge is 0.454 e. The molecule has 27 heavy (non-hydrogen) atoms. The first kappa shape index (κ1) is 17.9. The van der Waals surface area contributed by atoms with Gasteiger partial charge in [-0.1, -0.05) is 12.1 Å². The monoisotopic (exact) mass is 386 g/mol. The van der Waals surface area contributed by atoms with Crippen molar-refractivity contribution in [2.75, 3.05) is 26.4 Å². The lowest BCUT2D eigenvalue weighted by atomic mass is 9.95. The van der Waals surface area contributed by atoms with E-state index in [1.807, 2.05) is 40.6 Å². The third-order valence-corrected chi connectivity index (χ3v) is 5.89. The Bertz CT molecular complexity index is 813. The van der Waals surface area contributed by atoms with Gasteiger partial charge in [-0.15, -0.1) is 11.3 Å². The molecule has 7 heteroatoms. The highest BCUT2D eigenvalue weighted by molar-refractivity contribution is 7.12. The van der Waals surface area contributed by atoms with Crippen molar-refractivity contribution in [2.24, 2.45) is 5.92 Å². The molecule has 2 amide bonds. The van der Waals surface area contributed by atoms with Crippen molar-refractivity contribution in [2.45, 2.75) is 19.3 Å². The zero-order chi connectivity index (χ0) is 18.6. The maximum absolute atomic E-state index is 12.4. The van der Waals surface area contributed by atoms with Crippen LogP contribution in [0.2, 0.25) is 0 Å². The number of fused-ring (bicyclic) bond motifs is 1. The summed E-state index contributed by atoms with van der Waals surface area (Å²) < 4.78 is 10.7. The Kier molecular flexibility index (Phi) is 5.29. The zero-order valence-electron chi connectivity index (χ0n) is 15.0. The lowest BCUT2D eigenvalue weighted by Crippen LogP contribution is -2.43. The van der Waals surface area contributed by atoms with E-state index in [2.05, 4.69) is 5.32 Å². The molecular formula is C20H22N2O4S. The third-order valence-electron chi connectivity index (χ3n) is 5.03. The van der Waals surface area contributed by atoms with E-state index in [1.165, 1.54) is 11.3 Å². The van der Waals surface area contributed by atoms with Gasteiger partial charge in [-0.3, -0.25) is 9.59 Å². The Balaban J connectivity index is 1.21. The molecule has 6 nitrogen and oxygen atoms in total. The third kappa shape index (κ3) is 4.08. The topological polar surface area (TPSA) is 67.9 Å². The number of ether oxygens (including phenoxy) is 2. The fourth-order valence-corrected chi connectivity index (χ4v) is 4.16. The highest BCUT2D eigenvalue weighted by Crippen LogP contribution is 2.32. The van der Waals surface area contributed by atoms with Crippen LogP contribution in [0.25, 0.3) is 0 Å². The minimum atomic E-state index is -0.0193. The molecule has 1 fully saturated rings. The van der Waals surface area contributed by atoms with Gasteiger partial charge in [-0.2, -0.15) is 0 Å². The predicted octanol–water partition coefficient (Wildman–Crippen LogP) is 2.69. The van der Waals surface area contributed by atoms with Crippen LogP contribution in [0, 0.1) is 5.92 Å². The van der Waals surface area contributed by atoms with Gasteiger partial charge in [-0.05, 0) is 48.4 Å². The number of nitrogens with zero attached hydrogens (tertiary/aromatic N) is 1. The van der Waals surface area contributed by atoms with Gasteiger partial charge < -0.3 is 19.7 Å². The number of carbonyl (C=O) groups excluding carboxylic acids is 2. The van der Waals surface area contributed by atoms with Gasteiger partial charge >= 0.3 is 0 Å². The second kappa shape index (κ2) is 8.00. The molecule has 0 radical (unpaired) electrons. The fourth-order valence-electron chi connectivity index (χ4n) is 3.47. The quantitative estimate of drug-likeness (QED) is 0.858. The molecule has 1 aromatic heterocycles. The molecule has 0 aliphatic carbocycles. The molecule has 0 unspecified atom stereocenters. The van der Waals surface area contributed by atoms with Crippen LogP contribution in [0.4, 0.5) is 0 Å². The van der Waals surface area contributed by atoms with Crippen LogP contribution >= 0.6 is 11.3 Å². The standard InChI is InChI=1S/C20H22N2O4S/c23-19(21-8-5-14-3-4-16-17(12-14)26-13-25-16)15-6-9-22(10-7-15)20(24)18-2-1-11-27-18/h1-4,11-12,15H,5-10,13H2,(H,21,23). The molecule has 2 aromatic rings. The summed E-state index contributed by atoms with van der Waals surface area (Å²) >= 11 is 1.46. The van der Waals surface area contributed by atoms with Gasteiger partial charge in [0.05, 0.1) is 4.88 Å². The molecule has 4 rings (SSSR count). The van der Waals surface area contributed by atoms with Crippen molar-refractivity contribution in [3.8, 4) is 11.5 Å². The first-order valence-electron chi connectivity index (χ1n) is 9.20. The summed E-state index contributed by atoms with van der Waals surface area (Å²) in [5, 5.41) is 4.94. The van der Waals surface area contributed by atoms with Gasteiger partial charge in [-0.25, -0.2) is 0 Å². The van der Waals surface area contributed by atoms with E-state index in [0.29, 0.717) is 32.5 Å². The molecule has 2 aliphatic heterocycles. The fraction of sp³-hybridized carbons (Fsp3) is 0.400. The molecular weight excluding hydrogens is 364 g/mol. The first-order valence-corrected chi connectivity index (χ1v) is 10.1. The Labute approximate surface area is 162 Å². The SMILES string of the molecule is O=C(NCCc1ccc2c(c1)OCO2)C1CCN(C(=O)c2cccs2)CC1. The van der Waals surface area contributed by atoms with Crippen molar-refractivity contribution >= 4 is 23.2 Å². The minimum absolute atomic E-state index is 0.0193. The Morgan fingerprint density at radius 3 is 2.74 bits per heavy atom. The summed E-state index contributed by atoms with van der Waals surface area (Å²) in [5.74, 6) is 1.67. The predicted molar refractivity (Wildman–Crippen MR) is 102 cm³/mol. The highest BCUT2D eigenvalue weighted by atomic mass is 32.1. The van der Waals surface area contributed by atoms with E-state index in [0.717, 1.165) is 28.4 Å². The van der Waals surface area contributed by atoms with Crippen molar-refractivity contribution in [1.82, 2.24) is 10.2 Å². The number of thiophene rings is 1. The lowest BCUT2D eigenvalue weighted by molar-refractivity contribution is -0.126. The number of hydrogen-bond acceptors (Lipinski definition) is 5. The second-order valence-corrected chi connectivity index (χ2v) is 7.72. The smallest absolute Gasteiger partial charge is 0.263 e. The minimum Gasteiger partial charge on any atom is -0.454 e. The maximum Gasteiger partial charge on any atom is 0.263 e. The van der Waals surface area contributed by atoms with E-state index >= 15 is 0 Å². The average molecular weight is 386 g/mol. The maximum atomic E-state index is 12.4. The molecule has 0 saturated carbocycles. The molecule has 1 saturated heterocycles. The van der Waals surface area contributed by atoms with Crippen molar-refractivity contribution < 1.29 is 19.1 Å². The van der Waals surface area contributed by atoms with Crippen LogP contribution < -0.4 is 14.8 Å². The zero-order valence-corrected chi connectivity index (χ0v) is 15.8. The Hall–Kier alpha value is -2.54. The number of hydrogen-bond donors (Lipinski definition) is 1. The molecule has 0 atom stereocenters. The van der Waals surface area contributed by atoms with Gasteiger partial charge in [0.1, 0.15) is 0 Å². The van der Waals surface area contributed by atoms with Crippen LogP contribution in [0.3, 0.4) is 0 Å². The number of likely N-dealkylation sites (tertiary alicyclic amines) is 1. The second-order valence-electron chi connectivity index (χ2n) is 6.77. The molecule has 0 bridgehead atoms. The molecule has 2 aliphatic rings. The van der Waals surface area contributed by atoms with Crippen molar-refractivity contribution in [1.29, 1.82) is 0 Å². The van der Waals surface area contributed by atoms with Gasteiger partial charge in [0.25, 0.3) is 5.91 Å². The average Bonchev–Trinajstić information content (AvgIpc) is 3.39. The van der Waals surface area contributed by atoms with Crippen molar-refractivity contribution in [3.05, 3.63) is 46.2 Å². The van der Waals surface area contributed by atoms with Crippen molar-refractivity contribution in [3.63, 3.8) is 0 Å².